The minimum atomic E-state index is 0.740. The van der Waals surface area contributed by atoms with E-state index in [1.165, 1.54) is 44.3 Å². The first-order valence-electron chi connectivity index (χ1n) is 10.8. The molecule has 1 aliphatic rings. The Morgan fingerprint density at radius 2 is 2.00 bits per heavy atom. The Bertz CT molecular complexity index is 917. The van der Waals surface area contributed by atoms with Crippen LogP contribution in [-0.4, -0.2) is 34.5 Å². The van der Waals surface area contributed by atoms with E-state index >= 15 is 0 Å². The molecule has 1 aromatic heterocycles. The highest BCUT2D eigenvalue weighted by Gasteiger charge is 2.11. The van der Waals surface area contributed by atoms with Gasteiger partial charge in [0.2, 0.25) is 0 Å². The molecule has 2 heterocycles. The largest absolute Gasteiger partial charge is 0.496 e. The molecule has 0 atom stereocenters. The first-order valence-corrected chi connectivity index (χ1v) is 11.8. The van der Waals surface area contributed by atoms with Crippen molar-refractivity contribution in [2.24, 2.45) is 0 Å². The van der Waals surface area contributed by atoms with Crippen LogP contribution in [0.4, 0.5) is 11.5 Å². The van der Waals surface area contributed by atoms with Gasteiger partial charge in [-0.3, -0.25) is 4.31 Å². The maximum absolute atomic E-state index is 5.49. The summed E-state index contributed by atoms with van der Waals surface area (Å²) in [6, 6.07) is 10.5. The number of hydrogen-bond acceptors (Lipinski definition) is 6. The van der Waals surface area contributed by atoms with Crippen LogP contribution in [0.5, 0.6) is 0 Å². The van der Waals surface area contributed by atoms with Gasteiger partial charge in [0.25, 0.3) is 0 Å². The number of hydrogen-bond donors (Lipinski definition) is 1. The minimum absolute atomic E-state index is 0.740. The minimum Gasteiger partial charge on any atom is -0.496 e. The smallest absolute Gasteiger partial charge is 0.134 e. The zero-order valence-corrected chi connectivity index (χ0v) is 19.3. The third-order valence-electron chi connectivity index (χ3n) is 5.15. The molecule has 1 aliphatic heterocycles. The number of benzene rings is 1. The lowest BCUT2D eigenvalue weighted by Crippen LogP contribution is -2.16. The molecule has 0 aliphatic carbocycles. The molecule has 0 radical (unpaired) electrons. The lowest BCUT2D eigenvalue weighted by Gasteiger charge is -2.18. The lowest BCUT2D eigenvalue weighted by atomic mass is 10.1. The zero-order chi connectivity index (χ0) is 21.9. The van der Waals surface area contributed by atoms with Crippen LogP contribution in [0.1, 0.15) is 43.9 Å². The van der Waals surface area contributed by atoms with Gasteiger partial charge in [-0.15, -0.1) is 0 Å². The van der Waals surface area contributed by atoms with Crippen LogP contribution in [0, 0.1) is 0 Å². The number of ether oxygens (including phenoxy) is 1. The first kappa shape index (κ1) is 23.1. The topological polar surface area (TPSA) is 50.3 Å². The van der Waals surface area contributed by atoms with Crippen molar-refractivity contribution in [2.75, 3.05) is 25.5 Å². The zero-order valence-electron chi connectivity index (χ0n) is 18.5. The number of aromatic nitrogens is 2. The Hall–Kier alpha value is -2.57. The summed E-state index contributed by atoms with van der Waals surface area (Å²) in [5, 5.41) is 3.42. The molecule has 1 aromatic carbocycles. The van der Waals surface area contributed by atoms with Crippen LogP contribution >= 0.6 is 11.9 Å². The van der Waals surface area contributed by atoms with Gasteiger partial charge in [0.1, 0.15) is 17.9 Å². The van der Waals surface area contributed by atoms with E-state index in [4.69, 9.17) is 4.74 Å². The maximum atomic E-state index is 5.49. The van der Waals surface area contributed by atoms with Gasteiger partial charge < -0.3 is 10.1 Å². The molecule has 1 saturated heterocycles. The van der Waals surface area contributed by atoms with E-state index in [1.807, 2.05) is 37.1 Å². The first-order chi connectivity index (χ1) is 15.2. The highest BCUT2D eigenvalue weighted by Crippen LogP contribution is 2.26. The van der Waals surface area contributed by atoms with E-state index in [1.54, 1.807) is 19.5 Å². The van der Waals surface area contributed by atoms with Crippen molar-refractivity contribution in [1.82, 2.24) is 14.3 Å². The van der Waals surface area contributed by atoms with Crippen molar-refractivity contribution in [3.05, 3.63) is 78.5 Å². The van der Waals surface area contributed by atoms with Gasteiger partial charge >= 0.3 is 0 Å². The molecule has 0 bridgehead atoms. The van der Waals surface area contributed by atoms with Crippen LogP contribution < -0.4 is 5.32 Å². The number of rotatable bonds is 9. The fraction of sp³-hybridized carbons (Fsp3) is 0.360. The summed E-state index contributed by atoms with van der Waals surface area (Å²) in [7, 11) is 1.65. The quantitative estimate of drug-likeness (QED) is 0.280. The van der Waals surface area contributed by atoms with Gasteiger partial charge in [0, 0.05) is 36.2 Å². The van der Waals surface area contributed by atoms with Crippen molar-refractivity contribution in [3.63, 3.8) is 0 Å². The van der Waals surface area contributed by atoms with Crippen molar-refractivity contribution >= 4 is 29.0 Å². The Balaban J connectivity index is 1.70. The van der Waals surface area contributed by atoms with Crippen LogP contribution in [0.2, 0.25) is 0 Å². The van der Waals surface area contributed by atoms with Crippen LogP contribution in [0.25, 0.3) is 5.57 Å². The van der Waals surface area contributed by atoms with Crippen molar-refractivity contribution in [2.45, 2.75) is 38.4 Å². The Morgan fingerprint density at radius 3 is 2.71 bits per heavy atom. The molecule has 0 unspecified atom stereocenters. The monoisotopic (exact) mass is 436 g/mol. The predicted octanol–water partition coefficient (Wildman–Crippen LogP) is 6.36. The second-order valence-corrected chi connectivity index (χ2v) is 8.47. The fourth-order valence-corrected chi connectivity index (χ4v) is 4.62. The molecule has 3 rings (SSSR count). The third kappa shape index (κ3) is 6.97. The van der Waals surface area contributed by atoms with E-state index in [-0.39, 0.29) is 0 Å². The number of anilines is 2. The number of allylic oxidation sites excluding steroid dienone is 4. The number of nitrogens with one attached hydrogen (secondary N) is 1. The number of methoxy groups -OCH3 is 1. The van der Waals surface area contributed by atoms with Crippen LogP contribution in [-0.2, 0) is 10.5 Å². The summed E-state index contributed by atoms with van der Waals surface area (Å²) in [6.45, 7) is 8.14. The Morgan fingerprint density at radius 1 is 1.19 bits per heavy atom. The summed E-state index contributed by atoms with van der Waals surface area (Å²) in [4.78, 5) is 8.83. The van der Waals surface area contributed by atoms with Gasteiger partial charge in [-0.2, -0.15) is 0 Å². The second kappa shape index (κ2) is 12.3. The van der Waals surface area contributed by atoms with E-state index in [2.05, 4.69) is 50.4 Å². The molecule has 164 valence electrons. The summed E-state index contributed by atoms with van der Waals surface area (Å²) in [5.74, 6) is 2.47. The SMILES string of the molecule is C=C/C=C(\C(=C/C)OC)c1cc(Nc2cccc(CSN3CCCCCC3)c2)ncn1. The molecule has 1 N–H and O–H groups in total. The van der Waals surface area contributed by atoms with E-state index in [0.29, 0.717) is 0 Å². The molecular formula is C25H32N4OS. The highest BCUT2D eigenvalue weighted by atomic mass is 32.2. The third-order valence-corrected chi connectivity index (χ3v) is 6.35. The summed E-state index contributed by atoms with van der Waals surface area (Å²) < 4.78 is 8.00. The molecule has 0 spiro atoms. The van der Waals surface area contributed by atoms with Gasteiger partial charge in [0.05, 0.1) is 12.8 Å². The van der Waals surface area contributed by atoms with E-state index in [0.717, 1.165) is 34.3 Å². The molecule has 0 amide bonds. The predicted molar refractivity (Wildman–Crippen MR) is 132 cm³/mol. The van der Waals surface area contributed by atoms with Crippen molar-refractivity contribution < 1.29 is 4.74 Å². The second-order valence-electron chi connectivity index (χ2n) is 7.40. The highest BCUT2D eigenvalue weighted by molar-refractivity contribution is 7.96. The average molecular weight is 437 g/mol. The Kier molecular flexibility index (Phi) is 9.18. The van der Waals surface area contributed by atoms with E-state index in [9.17, 15) is 0 Å². The summed E-state index contributed by atoms with van der Waals surface area (Å²) in [5.41, 5.74) is 3.97. The van der Waals surface area contributed by atoms with E-state index < -0.39 is 0 Å². The van der Waals surface area contributed by atoms with Gasteiger partial charge in [-0.05, 0) is 49.6 Å². The van der Waals surface area contributed by atoms with Gasteiger partial charge in [0.15, 0.2) is 0 Å². The average Bonchev–Trinajstić information content (AvgIpc) is 3.07. The number of nitrogens with zero attached hydrogens (tertiary/aromatic N) is 3. The maximum Gasteiger partial charge on any atom is 0.134 e. The van der Waals surface area contributed by atoms with Gasteiger partial charge in [-0.25, -0.2) is 9.97 Å². The molecule has 5 nitrogen and oxygen atoms in total. The summed E-state index contributed by atoms with van der Waals surface area (Å²) >= 11 is 1.94. The van der Waals surface area contributed by atoms with Crippen LogP contribution in [0.3, 0.4) is 0 Å². The lowest BCUT2D eigenvalue weighted by molar-refractivity contribution is 0.310. The molecule has 2 aromatic rings. The normalized spacial score (nSPS) is 15.9. The molecule has 1 fully saturated rings. The summed E-state index contributed by atoms with van der Waals surface area (Å²) in [6.07, 6.45) is 12.5. The van der Waals surface area contributed by atoms with Crippen LogP contribution in [0.15, 0.2) is 67.2 Å². The van der Waals surface area contributed by atoms with Crippen molar-refractivity contribution in [1.29, 1.82) is 0 Å². The van der Waals surface area contributed by atoms with Gasteiger partial charge in [-0.1, -0.05) is 49.6 Å². The molecule has 0 saturated carbocycles. The van der Waals surface area contributed by atoms with Crippen molar-refractivity contribution in [3.8, 4) is 0 Å². The molecule has 6 heteroatoms. The molecular weight excluding hydrogens is 404 g/mol. The molecule has 31 heavy (non-hydrogen) atoms. The standard InChI is InChI=1S/C25H32N4OS/c1-4-11-22(24(5-2)30-3)23-17-25(27-19-26-23)28-21-13-10-12-20(16-21)18-31-29-14-8-6-7-9-15-29/h4-5,10-13,16-17,19H,1,6-9,14-15,18H2,2-3H3,(H,26,27,28)/b22-11-,24-5+. The Labute approximate surface area is 190 Å². The fourth-order valence-electron chi connectivity index (χ4n) is 3.59.